The number of aromatic hydroxyl groups is 1. The zero-order valence-electron chi connectivity index (χ0n) is 11.8. The molecule has 0 saturated carbocycles. The van der Waals surface area contributed by atoms with Crippen molar-refractivity contribution < 1.29 is 10.0 Å². The lowest BCUT2D eigenvalue weighted by Crippen LogP contribution is -2.19. The van der Waals surface area contributed by atoms with E-state index in [4.69, 9.17) is 0 Å². The zero-order valence-corrected chi connectivity index (χ0v) is 12.6. The maximum Gasteiger partial charge on any atom is 0.271 e. The van der Waals surface area contributed by atoms with Crippen molar-refractivity contribution in [2.45, 2.75) is 5.16 Å². The predicted molar refractivity (Wildman–Crippen MR) is 85.2 cm³/mol. The SMILES string of the molecule is CSc1ncc2c(O)cc(=O)n(-c3cccc([N+](=O)[O-])c3)c2n1. The fourth-order valence-electron chi connectivity index (χ4n) is 2.17. The number of benzene rings is 1. The number of fused-ring (bicyclic) bond motifs is 1. The van der Waals surface area contributed by atoms with Gasteiger partial charge in [-0.05, 0) is 12.3 Å². The Balaban J connectivity index is 2.38. The molecule has 9 heteroatoms. The van der Waals surface area contributed by atoms with Crippen LogP contribution in [0, 0.1) is 10.1 Å². The van der Waals surface area contributed by atoms with E-state index in [9.17, 15) is 20.0 Å². The van der Waals surface area contributed by atoms with Crippen LogP contribution in [0.15, 0.2) is 46.5 Å². The number of nitro benzene ring substituents is 1. The van der Waals surface area contributed by atoms with Gasteiger partial charge in [0, 0.05) is 24.4 Å². The Bertz CT molecular complexity index is 986. The number of hydrogen-bond donors (Lipinski definition) is 1. The predicted octanol–water partition coefficient (Wildman–Crippen LogP) is 2.12. The van der Waals surface area contributed by atoms with Crippen molar-refractivity contribution in [1.82, 2.24) is 14.5 Å². The minimum absolute atomic E-state index is 0.144. The molecule has 8 nitrogen and oxygen atoms in total. The first-order valence-corrected chi connectivity index (χ1v) is 7.64. The summed E-state index contributed by atoms with van der Waals surface area (Å²) in [4.78, 5) is 31.0. The molecule has 1 N–H and O–H groups in total. The van der Waals surface area contributed by atoms with Crippen LogP contribution in [0.3, 0.4) is 0 Å². The van der Waals surface area contributed by atoms with E-state index in [0.29, 0.717) is 10.8 Å². The number of nitro groups is 1. The number of rotatable bonds is 3. The summed E-state index contributed by atoms with van der Waals surface area (Å²) < 4.78 is 1.21. The number of pyridine rings is 1. The third kappa shape index (κ3) is 2.61. The van der Waals surface area contributed by atoms with E-state index in [1.807, 2.05) is 0 Å². The quantitative estimate of drug-likeness (QED) is 0.339. The highest BCUT2D eigenvalue weighted by atomic mass is 32.2. The molecule has 23 heavy (non-hydrogen) atoms. The lowest BCUT2D eigenvalue weighted by molar-refractivity contribution is -0.384. The number of nitrogens with zero attached hydrogens (tertiary/aromatic N) is 4. The van der Waals surface area contributed by atoms with Crippen molar-refractivity contribution in [2.75, 3.05) is 6.26 Å². The molecule has 0 bridgehead atoms. The molecule has 0 saturated heterocycles. The molecule has 3 aromatic rings. The van der Waals surface area contributed by atoms with Crippen LogP contribution in [-0.4, -0.2) is 30.8 Å². The number of hydrogen-bond acceptors (Lipinski definition) is 7. The van der Waals surface area contributed by atoms with Crippen molar-refractivity contribution >= 4 is 28.5 Å². The van der Waals surface area contributed by atoms with Crippen LogP contribution in [0.1, 0.15) is 0 Å². The molecule has 3 rings (SSSR count). The maximum absolute atomic E-state index is 12.3. The summed E-state index contributed by atoms with van der Waals surface area (Å²) in [6, 6.07) is 6.68. The molecule has 2 aromatic heterocycles. The fraction of sp³-hybridized carbons (Fsp3) is 0.0714. The average molecular weight is 330 g/mol. The van der Waals surface area contributed by atoms with Crippen molar-refractivity contribution in [3.05, 3.63) is 57.0 Å². The maximum atomic E-state index is 12.3. The highest BCUT2D eigenvalue weighted by molar-refractivity contribution is 7.98. The number of non-ortho nitro benzene ring substituents is 1. The van der Waals surface area contributed by atoms with Gasteiger partial charge in [-0.2, -0.15) is 0 Å². The monoisotopic (exact) mass is 330 g/mol. The van der Waals surface area contributed by atoms with Crippen molar-refractivity contribution in [3.63, 3.8) is 0 Å². The van der Waals surface area contributed by atoms with Crippen LogP contribution < -0.4 is 5.56 Å². The van der Waals surface area contributed by atoms with E-state index in [1.54, 1.807) is 12.3 Å². The molecule has 2 heterocycles. The smallest absolute Gasteiger partial charge is 0.271 e. The van der Waals surface area contributed by atoms with Crippen LogP contribution in [0.5, 0.6) is 5.75 Å². The van der Waals surface area contributed by atoms with Gasteiger partial charge >= 0.3 is 0 Å². The van der Waals surface area contributed by atoms with Gasteiger partial charge in [0.2, 0.25) is 0 Å². The van der Waals surface area contributed by atoms with Crippen molar-refractivity contribution in [1.29, 1.82) is 0 Å². The molecule has 0 aliphatic heterocycles. The molecule has 0 aliphatic rings. The third-order valence-corrected chi connectivity index (χ3v) is 3.76. The van der Waals surface area contributed by atoms with Gasteiger partial charge in [0.15, 0.2) is 10.8 Å². The number of thioether (sulfide) groups is 1. The van der Waals surface area contributed by atoms with Crippen molar-refractivity contribution in [3.8, 4) is 11.4 Å². The topological polar surface area (TPSA) is 111 Å². The molecule has 0 unspecified atom stereocenters. The summed E-state index contributed by atoms with van der Waals surface area (Å²) in [5.41, 5.74) is -0.203. The van der Waals surface area contributed by atoms with Gasteiger partial charge in [-0.1, -0.05) is 17.8 Å². The van der Waals surface area contributed by atoms with Gasteiger partial charge in [0.05, 0.1) is 16.0 Å². The van der Waals surface area contributed by atoms with Crippen LogP contribution in [-0.2, 0) is 0 Å². The standard InChI is InChI=1S/C14H10N4O4S/c1-23-14-15-7-10-11(19)6-12(20)17(13(10)16-14)8-3-2-4-9(5-8)18(21)22/h2-7,19H,1H3. The van der Waals surface area contributed by atoms with Crippen LogP contribution in [0.4, 0.5) is 5.69 Å². The summed E-state index contributed by atoms with van der Waals surface area (Å²) in [5.74, 6) is -0.237. The second kappa shape index (κ2) is 5.69. The van der Waals surface area contributed by atoms with E-state index in [1.165, 1.54) is 40.7 Å². The Hall–Kier alpha value is -2.94. The zero-order chi connectivity index (χ0) is 16.6. The molecule has 1 aromatic carbocycles. The van der Waals surface area contributed by atoms with E-state index in [-0.39, 0.29) is 22.5 Å². The van der Waals surface area contributed by atoms with Crippen LogP contribution in [0.25, 0.3) is 16.7 Å². The summed E-state index contributed by atoms with van der Waals surface area (Å²) >= 11 is 1.28. The molecule has 116 valence electrons. The molecule has 0 spiro atoms. The second-order valence-corrected chi connectivity index (χ2v) is 5.35. The second-order valence-electron chi connectivity index (χ2n) is 4.57. The van der Waals surface area contributed by atoms with E-state index in [2.05, 4.69) is 9.97 Å². The molecule has 0 radical (unpaired) electrons. The van der Waals surface area contributed by atoms with Gasteiger partial charge in [-0.3, -0.25) is 19.5 Å². The Morgan fingerprint density at radius 3 is 2.83 bits per heavy atom. The summed E-state index contributed by atoms with van der Waals surface area (Å²) in [6.07, 6.45) is 3.19. The molecule has 0 aliphatic carbocycles. The van der Waals surface area contributed by atoms with Crippen LogP contribution >= 0.6 is 11.8 Å². The Labute approximate surface area is 133 Å². The van der Waals surface area contributed by atoms with Gasteiger partial charge < -0.3 is 5.11 Å². The molecular weight excluding hydrogens is 320 g/mol. The fourth-order valence-corrected chi connectivity index (χ4v) is 2.50. The lowest BCUT2D eigenvalue weighted by Gasteiger charge is -2.10. The van der Waals surface area contributed by atoms with E-state index < -0.39 is 10.5 Å². The number of aromatic nitrogens is 3. The van der Waals surface area contributed by atoms with Crippen LogP contribution in [0.2, 0.25) is 0 Å². The first-order valence-electron chi connectivity index (χ1n) is 6.42. The first-order chi connectivity index (χ1) is 11.0. The summed E-state index contributed by atoms with van der Waals surface area (Å²) in [7, 11) is 0. The largest absolute Gasteiger partial charge is 0.507 e. The molecule has 0 amide bonds. The highest BCUT2D eigenvalue weighted by Gasteiger charge is 2.15. The Morgan fingerprint density at radius 2 is 2.13 bits per heavy atom. The van der Waals surface area contributed by atoms with E-state index in [0.717, 1.165) is 6.07 Å². The first kappa shape index (κ1) is 15.0. The molecular formula is C14H10N4O4S. The van der Waals surface area contributed by atoms with Gasteiger partial charge in [-0.15, -0.1) is 0 Å². The normalized spacial score (nSPS) is 10.8. The lowest BCUT2D eigenvalue weighted by atomic mass is 10.2. The third-order valence-electron chi connectivity index (χ3n) is 3.20. The minimum atomic E-state index is -0.542. The molecule has 0 fully saturated rings. The Kier molecular flexibility index (Phi) is 3.70. The summed E-state index contributed by atoms with van der Waals surface area (Å²) in [6.45, 7) is 0. The van der Waals surface area contributed by atoms with Gasteiger partial charge in [-0.25, -0.2) is 9.97 Å². The molecule has 0 atom stereocenters. The van der Waals surface area contributed by atoms with Gasteiger partial charge in [0.1, 0.15) is 5.75 Å². The Morgan fingerprint density at radius 1 is 1.35 bits per heavy atom. The highest BCUT2D eigenvalue weighted by Crippen LogP contribution is 2.25. The van der Waals surface area contributed by atoms with E-state index >= 15 is 0 Å². The summed E-state index contributed by atoms with van der Waals surface area (Å²) in [5, 5.41) is 21.6. The average Bonchev–Trinajstić information content (AvgIpc) is 2.54. The minimum Gasteiger partial charge on any atom is -0.507 e. The van der Waals surface area contributed by atoms with Gasteiger partial charge in [0.25, 0.3) is 11.2 Å². The van der Waals surface area contributed by atoms with Crippen molar-refractivity contribution in [2.24, 2.45) is 0 Å².